The lowest BCUT2D eigenvalue weighted by atomic mass is 10.2. The standard InChI is InChI=1S/C12H10O5/c1-7(13)16-11-6-9-8(5-10(11)15-2)3-4-12(14)17-9/h3-6H,1-2H3. The van der Waals surface area contributed by atoms with Gasteiger partial charge >= 0.3 is 11.6 Å². The SMILES string of the molecule is COc1cc2ccc(=O)oc2cc1OC(C)=O. The second-order valence-corrected chi connectivity index (χ2v) is 3.39. The van der Waals surface area contributed by atoms with E-state index >= 15 is 0 Å². The molecular formula is C12H10O5. The van der Waals surface area contributed by atoms with Crippen LogP contribution in [-0.2, 0) is 4.79 Å². The van der Waals surface area contributed by atoms with Crippen molar-refractivity contribution in [2.75, 3.05) is 7.11 Å². The quantitative estimate of drug-likeness (QED) is 0.449. The molecule has 1 aromatic heterocycles. The van der Waals surface area contributed by atoms with Gasteiger partial charge in [0.15, 0.2) is 11.5 Å². The average Bonchev–Trinajstić information content (AvgIpc) is 2.27. The highest BCUT2D eigenvalue weighted by Crippen LogP contribution is 2.31. The van der Waals surface area contributed by atoms with Gasteiger partial charge in [0.05, 0.1) is 7.11 Å². The van der Waals surface area contributed by atoms with Gasteiger partial charge in [0, 0.05) is 24.4 Å². The van der Waals surface area contributed by atoms with E-state index < -0.39 is 11.6 Å². The predicted molar refractivity (Wildman–Crippen MR) is 60.3 cm³/mol. The first-order valence-electron chi connectivity index (χ1n) is 4.90. The van der Waals surface area contributed by atoms with Crippen molar-refractivity contribution < 1.29 is 18.7 Å². The minimum Gasteiger partial charge on any atom is -0.493 e. The number of benzene rings is 1. The lowest BCUT2D eigenvalue weighted by Gasteiger charge is -2.08. The van der Waals surface area contributed by atoms with Crippen LogP contribution in [0.5, 0.6) is 11.5 Å². The van der Waals surface area contributed by atoms with E-state index in [4.69, 9.17) is 13.9 Å². The molecule has 1 heterocycles. The van der Waals surface area contributed by atoms with Crippen LogP contribution in [-0.4, -0.2) is 13.1 Å². The lowest BCUT2D eigenvalue weighted by Crippen LogP contribution is -2.03. The largest absolute Gasteiger partial charge is 0.493 e. The Hall–Kier alpha value is -2.30. The highest BCUT2D eigenvalue weighted by atomic mass is 16.6. The maximum Gasteiger partial charge on any atom is 0.336 e. The van der Waals surface area contributed by atoms with E-state index in [-0.39, 0.29) is 5.75 Å². The molecule has 0 unspecified atom stereocenters. The first-order chi connectivity index (χ1) is 8.10. The first kappa shape index (κ1) is 11.2. The van der Waals surface area contributed by atoms with E-state index in [1.807, 2.05) is 0 Å². The molecule has 2 rings (SSSR count). The number of hydrogen-bond donors (Lipinski definition) is 0. The molecule has 2 aromatic rings. The number of methoxy groups -OCH3 is 1. The molecule has 0 radical (unpaired) electrons. The summed E-state index contributed by atoms with van der Waals surface area (Å²) in [6.45, 7) is 1.28. The fourth-order valence-corrected chi connectivity index (χ4v) is 1.47. The Morgan fingerprint density at radius 3 is 2.65 bits per heavy atom. The van der Waals surface area contributed by atoms with Crippen molar-refractivity contribution in [2.24, 2.45) is 0 Å². The molecule has 0 amide bonds. The third-order valence-corrected chi connectivity index (χ3v) is 2.16. The summed E-state index contributed by atoms with van der Waals surface area (Å²) in [5.41, 5.74) is -0.119. The van der Waals surface area contributed by atoms with Gasteiger partial charge in [0.1, 0.15) is 5.58 Å². The van der Waals surface area contributed by atoms with E-state index in [1.165, 1.54) is 26.2 Å². The fraction of sp³-hybridized carbons (Fsp3) is 0.167. The summed E-state index contributed by atoms with van der Waals surface area (Å²) in [5.74, 6) is 0.157. The minimum absolute atomic E-state index is 0.224. The van der Waals surface area contributed by atoms with Crippen LogP contribution in [0.2, 0.25) is 0 Å². The van der Waals surface area contributed by atoms with E-state index in [0.29, 0.717) is 16.7 Å². The van der Waals surface area contributed by atoms with E-state index in [0.717, 1.165) is 0 Å². The Morgan fingerprint density at radius 1 is 1.24 bits per heavy atom. The smallest absolute Gasteiger partial charge is 0.336 e. The molecular weight excluding hydrogens is 224 g/mol. The fourth-order valence-electron chi connectivity index (χ4n) is 1.47. The van der Waals surface area contributed by atoms with E-state index in [1.54, 1.807) is 12.1 Å². The Kier molecular flexibility index (Phi) is 2.82. The zero-order valence-electron chi connectivity index (χ0n) is 9.35. The topological polar surface area (TPSA) is 65.7 Å². The zero-order valence-corrected chi connectivity index (χ0v) is 9.35. The van der Waals surface area contributed by atoms with Gasteiger partial charge in [-0.2, -0.15) is 0 Å². The number of ether oxygens (including phenoxy) is 2. The third-order valence-electron chi connectivity index (χ3n) is 2.16. The highest BCUT2D eigenvalue weighted by molar-refractivity contribution is 5.82. The molecule has 17 heavy (non-hydrogen) atoms. The van der Waals surface area contributed by atoms with Crippen molar-refractivity contribution in [3.05, 3.63) is 34.7 Å². The minimum atomic E-state index is -0.471. The van der Waals surface area contributed by atoms with Gasteiger partial charge in [-0.3, -0.25) is 4.79 Å². The Morgan fingerprint density at radius 2 is 2.00 bits per heavy atom. The van der Waals surface area contributed by atoms with Gasteiger partial charge in [-0.25, -0.2) is 4.79 Å². The molecule has 5 heteroatoms. The molecule has 0 saturated heterocycles. The first-order valence-corrected chi connectivity index (χ1v) is 4.90. The van der Waals surface area contributed by atoms with Gasteiger partial charge in [0.2, 0.25) is 0 Å². The summed E-state index contributed by atoms with van der Waals surface area (Å²) in [5, 5.41) is 0.692. The van der Waals surface area contributed by atoms with Crippen molar-refractivity contribution in [1.29, 1.82) is 0 Å². The van der Waals surface area contributed by atoms with Crippen LogP contribution in [0.4, 0.5) is 0 Å². The van der Waals surface area contributed by atoms with Crippen molar-refractivity contribution in [2.45, 2.75) is 6.92 Å². The molecule has 0 atom stereocenters. The number of rotatable bonds is 2. The van der Waals surface area contributed by atoms with E-state index in [2.05, 4.69) is 0 Å². The summed E-state index contributed by atoms with van der Waals surface area (Å²) >= 11 is 0. The second kappa shape index (κ2) is 4.29. The molecule has 0 aliphatic carbocycles. The average molecular weight is 234 g/mol. The Bertz CT molecular complexity index is 626. The molecule has 0 fully saturated rings. The summed E-state index contributed by atoms with van der Waals surface area (Å²) < 4.78 is 15.0. The predicted octanol–water partition coefficient (Wildman–Crippen LogP) is 1.73. The number of carbonyl (C=O) groups is 1. The van der Waals surface area contributed by atoms with Crippen molar-refractivity contribution in [1.82, 2.24) is 0 Å². The number of esters is 1. The van der Waals surface area contributed by atoms with Crippen LogP contribution in [0.1, 0.15) is 6.92 Å². The second-order valence-electron chi connectivity index (χ2n) is 3.39. The van der Waals surface area contributed by atoms with Crippen LogP contribution in [0.3, 0.4) is 0 Å². The molecule has 0 aliphatic heterocycles. The molecule has 1 aromatic carbocycles. The Balaban J connectivity index is 2.64. The zero-order chi connectivity index (χ0) is 12.4. The third kappa shape index (κ3) is 2.28. The van der Waals surface area contributed by atoms with Crippen LogP contribution >= 0.6 is 0 Å². The van der Waals surface area contributed by atoms with E-state index in [9.17, 15) is 9.59 Å². The number of carbonyl (C=O) groups excluding carboxylic acids is 1. The summed E-state index contributed by atoms with van der Waals surface area (Å²) in [6, 6.07) is 6.02. The summed E-state index contributed by atoms with van der Waals surface area (Å²) in [6.07, 6.45) is 0. The van der Waals surface area contributed by atoms with Gasteiger partial charge in [-0.1, -0.05) is 0 Å². The molecule has 0 N–H and O–H groups in total. The maximum absolute atomic E-state index is 11.1. The molecule has 0 saturated carbocycles. The number of fused-ring (bicyclic) bond motifs is 1. The summed E-state index contributed by atoms with van der Waals surface area (Å²) in [7, 11) is 1.47. The monoisotopic (exact) mass is 234 g/mol. The lowest BCUT2D eigenvalue weighted by molar-refractivity contribution is -0.131. The molecule has 0 spiro atoms. The van der Waals surface area contributed by atoms with Gasteiger partial charge in [-0.15, -0.1) is 0 Å². The van der Waals surface area contributed by atoms with Crippen LogP contribution < -0.4 is 15.1 Å². The normalized spacial score (nSPS) is 10.2. The number of hydrogen-bond acceptors (Lipinski definition) is 5. The van der Waals surface area contributed by atoms with Gasteiger partial charge in [-0.05, 0) is 12.1 Å². The highest BCUT2D eigenvalue weighted by Gasteiger charge is 2.10. The van der Waals surface area contributed by atoms with Crippen molar-refractivity contribution in [3.63, 3.8) is 0 Å². The van der Waals surface area contributed by atoms with Gasteiger partial charge < -0.3 is 13.9 Å². The Labute approximate surface area is 96.6 Å². The van der Waals surface area contributed by atoms with Crippen LogP contribution in [0, 0.1) is 0 Å². The van der Waals surface area contributed by atoms with Crippen molar-refractivity contribution >= 4 is 16.9 Å². The van der Waals surface area contributed by atoms with Crippen LogP contribution in [0.15, 0.2) is 33.5 Å². The van der Waals surface area contributed by atoms with Crippen molar-refractivity contribution in [3.8, 4) is 11.5 Å². The molecule has 0 bridgehead atoms. The summed E-state index contributed by atoms with van der Waals surface area (Å²) in [4.78, 5) is 22.0. The molecule has 88 valence electrons. The van der Waals surface area contributed by atoms with Crippen LogP contribution in [0.25, 0.3) is 11.0 Å². The molecule has 5 nitrogen and oxygen atoms in total. The maximum atomic E-state index is 11.1. The molecule has 0 aliphatic rings. The van der Waals surface area contributed by atoms with Gasteiger partial charge in [0.25, 0.3) is 0 Å².